The van der Waals surface area contributed by atoms with E-state index in [1.807, 2.05) is 18.2 Å². The molecule has 1 aromatic rings. The maximum atomic E-state index is 8.74. The van der Waals surface area contributed by atoms with E-state index in [2.05, 4.69) is 25.2 Å². The first-order valence-electron chi connectivity index (χ1n) is 5.44. The van der Waals surface area contributed by atoms with Crippen LogP contribution in [0.1, 0.15) is 17.5 Å². The Bertz CT molecular complexity index is 382. The molecule has 0 fully saturated rings. The van der Waals surface area contributed by atoms with Crippen LogP contribution in [0, 0.1) is 25.2 Å². The predicted octanol–water partition coefficient (Wildman–Crippen LogP) is 2.18. The molecule has 0 amide bonds. The lowest BCUT2D eigenvalue weighted by Crippen LogP contribution is -2.25. The van der Waals surface area contributed by atoms with Gasteiger partial charge in [0.15, 0.2) is 0 Å². The number of rotatable bonds is 5. The average Bonchev–Trinajstić information content (AvgIpc) is 2.29. The smallest absolute Gasteiger partial charge is 0.119 e. The van der Waals surface area contributed by atoms with Crippen LogP contribution in [0.25, 0.3) is 0 Å². The molecule has 16 heavy (non-hydrogen) atoms. The molecule has 1 atom stereocenters. The van der Waals surface area contributed by atoms with Crippen LogP contribution in [0.4, 0.5) is 0 Å². The molecule has 1 unspecified atom stereocenters. The molecule has 0 radical (unpaired) electrons. The normalized spacial score (nSPS) is 11.9. The van der Waals surface area contributed by atoms with Crippen LogP contribution in [0.3, 0.4) is 0 Å². The zero-order chi connectivity index (χ0) is 12.0. The Kier molecular flexibility index (Phi) is 4.81. The molecule has 1 aromatic carbocycles. The van der Waals surface area contributed by atoms with E-state index in [1.165, 1.54) is 11.1 Å². The van der Waals surface area contributed by atoms with E-state index >= 15 is 0 Å². The van der Waals surface area contributed by atoms with Crippen molar-refractivity contribution in [2.24, 2.45) is 0 Å². The quantitative estimate of drug-likeness (QED) is 0.824. The Morgan fingerprint density at radius 3 is 2.69 bits per heavy atom. The Hall–Kier alpha value is -1.53. The van der Waals surface area contributed by atoms with Gasteiger partial charge in [0.2, 0.25) is 0 Å². The third-order valence-corrected chi connectivity index (χ3v) is 2.66. The van der Waals surface area contributed by atoms with Gasteiger partial charge >= 0.3 is 0 Å². The molecule has 0 aliphatic heterocycles. The van der Waals surface area contributed by atoms with Crippen LogP contribution in [-0.4, -0.2) is 19.7 Å². The Morgan fingerprint density at radius 1 is 1.38 bits per heavy atom. The summed E-state index contributed by atoms with van der Waals surface area (Å²) in [5, 5.41) is 11.7. The van der Waals surface area contributed by atoms with Gasteiger partial charge in [-0.25, -0.2) is 0 Å². The number of nitrogens with zero attached hydrogens (tertiary/aromatic N) is 1. The molecule has 3 nitrogen and oxygen atoms in total. The molecule has 1 rings (SSSR count). The summed E-state index contributed by atoms with van der Waals surface area (Å²) in [4.78, 5) is 0. The van der Waals surface area contributed by atoms with Gasteiger partial charge in [0.05, 0.1) is 18.7 Å². The van der Waals surface area contributed by atoms with E-state index in [1.54, 1.807) is 7.05 Å². The van der Waals surface area contributed by atoms with Crippen LogP contribution in [0.15, 0.2) is 18.2 Å². The molecule has 0 saturated carbocycles. The second-order valence-corrected chi connectivity index (χ2v) is 3.85. The van der Waals surface area contributed by atoms with Gasteiger partial charge < -0.3 is 10.1 Å². The van der Waals surface area contributed by atoms with Crippen LogP contribution in [0.2, 0.25) is 0 Å². The van der Waals surface area contributed by atoms with E-state index in [4.69, 9.17) is 10.00 Å². The summed E-state index contributed by atoms with van der Waals surface area (Å²) in [7, 11) is 1.78. The molecule has 0 heterocycles. The molecule has 0 aliphatic carbocycles. The van der Waals surface area contributed by atoms with Gasteiger partial charge in [0, 0.05) is 6.42 Å². The molecule has 0 aliphatic rings. The summed E-state index contributed by atoms with van der Waals surface area (Å²) < 4.78 is 5.58. The van der Waals surface area contributed by atoms with E-state index in [0.29, 0.717) is 13.0 Å². The van der Waals surface area contributed by atoms with Crippen molar-refractivity contribution >= 4 is 0 Å². The molecule has 0 aromatic heterocycles. The third kappa shape index (κ3) is 3.56. The van der Waals surface area contributed by atoms with Crippen molar-refractivity contribution in [3.05, 3.63) is 29.3 Å². The van der Waals surface area contributed by atoms with Gasteiger partial charge in [-0.1, -0.05) is 6.07 Å². The van der Waals surface area contributed by atoms with Crippen LogP contribution < -0.4 is 10.1 Å². The number of hydrogen-bond donors (Lipinski definition) is 1. The second-order valence-electron chi connectivity index (χ2n) is 3.85. The van der Waals surface area contributed by atoms with E-state index in [9.17, 15) is 0 Å². The lowest BCUT2D eigenvalue weighted by Gasteiger charge is -2.10. The zero-order valence-electron chi connectivity index (χ0n) is 10.1. The lowest BCUT2D eigenvalue weighted by atomic mass is 10.1. The highest BCUT2D eigenvalue weighted by molar-refractivity contribution is 5.33. The van der Waals surface area contributed by atoms with Crippen molar-refractivity contribution in [3.63, 3.8) is 0 Å². The van der Waals surface area contributed by atoms with Crippen molar-refractivity contribution < 1.29 is 4.74 Å². The Labute approximate surface area is 97.0 Å². The van der Waals surface area contributed by atoms with Gasteiger partial charge in [-0.15, -0.1) is 0 Å². The number of aryl methyl sites for hydroxylation is 2. The molecular formula is C13H18N2O. The lowest BCUT2D eigenvalue weighted by molar-refractivity contribution is 0.300. The molecular weight excluding hydrogens is 200 g/mol. The average molecular weight is 218 g/mol. The summed E-state index contributed by atoms with van der Waals surface area (Å²) >= 11 is 0. The summed E-state index contributed by atoms with van der Waals surface area (Å²) in [5.74, 6) is 0.871. The predicted molar refractivity (Wildman–Crippen MR) is 64.5 cm³/mol. The van der Waals surface area contributed by atoms with Gasteiger partial charge in [0.25, 0.3) is 0 Å². The van der Waals surface area contributed by atoms with Gasteiger partial charge in [-0.2, -0.15) is 5.26 Å². The Morgan fingerprint density at radius 2 is 2.12 bits per heavy atom. The van der Waals surface area contributed by atoms with Crippen molar-refractivity contribution in [1.29, 1.82) is 5.26 Å². The first-order chi connectivity index (χ1) is 7.67. The van der Waals surface area contributed by atoms with E-state index < -0.39 is 0 Å². The van der Waals surface area contributed by atoms with Crippen LogP contribution in [-0.2, 0) is 0 Å². The first kappa shape index (κ1) is 12.5. The second kappa shape index (κ2) is 6.14. The minimum Gasteiger partial charge on any atom is -0.493 e. The first-order valence-corrected chi connectivity index (χ1v) is 5.44. The third-order valence-electron chi connectivity index (χ3n) is 2.66. The summed E-state index contributed by atoms with van der Waals surface area (Å²) in [6, 6.07) is 8.07. The van der Waals surface area contributed by atoms with E-state index in [-0.39, 0.29) is 6.04 Å². The molecule has 0 saturated heterocycles. The Balaban J connectivity index is 2.43. The maximum Gasteiger partial charge on any atom is 0.119 e. The van der Waals surface area contributed by atoms with Crippen molar-refractivity contribution in [2.75, 3.05) is 13.7 Å². The van der Waals surface area contributed by atoms with Gasteiger partial charge in [-0.05, 0) is 44.2 Å². The highest BCUT2D eigenvalue weighted by Crippen LogP contribution is 2.16. The van der Waals surface area contributed by atoms with E-state index in [0.717, 1.165) is 5.75 Å². The number of benzene rings is 1. The fourth-order valence-electron chi connectivity index (χ4n) is 1.37. The molecule has 0 bridgehead atoms. The van der Waals surface area contributed by atoms with Crippen molar-refractivity contribution in [1.82, 2.24) is 5.32 Å². The number of ether oxygens (including phenoxy) is 1. The number of nitrogens with one attached hydrogen (secondary N) is 1. The minimum atomic E-state index is -0.133. The zero-order valence-corrected chi connectivity index (χ0v) is 10.1. The van der Waals surface area contributed by atoms with Crippen LogP contribution in [0.5, 0.6) is 5.75 Å². The standard InChI is InChI=1S/C13H18N2O/c1-10-4-5-13(8-11(10)2)16-7-6-12(9-14)15-3/h4-5,8,12,15H,6-7H2,1-3H3. The fraction of sp³-hybridized carbons (Fsp3) is 0.462. The van der Waals surface area contributed by atoms with Gasteiger partial charge in [0.1, 0.15) is 5.75 Å². The molecule has 3 heteroatoms. The topological polar surface area (TPSA) is 45.0 Å². The number of hydrogen-bond acceptors (Lipinski definition) is 3. The van der Waals surface area contributed by atoms with Gasteiger partial charge in [-0.3, -0.25) is 0 Å². The maximum absolute atomic E-state index is 8.74. The fourth-order valence-corrected chi connectivity index (χ4v) is 1.37. The highest BCUT2D eigenvalue weighted by atomic mass is 16.5. The SMILES string of the molecule is CNC(C#N)CCOc1ccc(C)c(C)c1. The molecule has 0 spiro atoms. The largest absolute Gasteiger partial charge is 0.493 e. The number of nitriles is 1. The minimum absolute atomic E-state index is 0.133. The van der Waals surface area contributed by atoms with Crippen molar-refractivity contribution in [3.8, 4) is 11.8 Å². The summed E-state index contributed by atoms with van der Waals surface area (Å²) in [6.07, 6.45) is 0.694. The molecule has 86 valence electrons. The van der Waals surface area contributed by atoms with Crippen LogP contribution >= 0.6 is 0 Å². The summed E-state index contributed by atoms with van der Waals surface area (Å²) in [6.45, 7) is 4.70. The monoisotopic (exact) mass is 218 g/mol. The molecule has 1 N–H and O–H groups in total. The summed E-state index contributed by atoms with van der Waals surface area (Å²) in [5.41, 5.74) is 2.49. The van der Waals surface area contributed by atoms with Crippen molar-refractivity contribution in [2.45, 2.75) is 26.3 Å². The highest BCUT2D eigenvalue weighted by Gasteiger charge is 2.04.